The van der Waals surface area contributed by atoms with Gasteiger partial charge in [-0.3, -0.25) is 9.69 Å². The number of carbonyl (C=O) groups excluding carboxylic acids is 1. The first-order chi connectivity index (χ1) is 8.45. The molecule has 0 radical (unpaired) electrons. The molecule has 0 aromatic heterocycles. The number of nitrogens with zero attached hydrogens (tertiary/aromatic N) is 1. The van der Waals surface area contributed by atoms with E-state index in [1.165, 1.54) is 0 Å². The Morgan fingerprint density at radius 1 is 1.39 bits per heavy atom. The first-order valence-electron chi connectivity index (χ1n) is 5.63. The maximum Gasteiger partial charge on any atom is 0.176 e. The summed E-state index contributed by atoms with van der Waals surface area (Å²) in [5, 5.41) is 0.889. The summed E-state index contributed by atoms with van der Waals surface area (Å²) in [6.45, 7) is 2.50. The first kappa shape index (κ1) is 15.8. The van der Waals surface area contributed by atoms with Crippen LogP contribution in [0.25, 0.3) is 0 Å². The van der Waals surface area contributed by atoms with Gasteiger partial charge in [-0.1, -0.05) is 23.2 Å². The highest BCUT2D eigenvalue weighted by atomic mass is 35.5. The molecular weight excluding hydrogens is 289 g/mol. The third kappa shape index (κ3) is 4.47. The normalized spacial score (nSPS) is 12.8. The summed E-state index contributed by atoms with van der Waals surface area (Å²) in [6.07, 6.45) is 2.06. The molecule has 0 bridgehead atoms. The van der Waals surface area contributed by atoms with E-state index in [0.29, 0.717) is 28.2 Å². The number of benzene rings is 1. The number of likely N-dealkylation sites (N-methyl/N-ethyl adjacent to an activating group) is 1. The Bertz CT molecular complexity index is 425. The fourth-order valence-corrected chi connectivity index (χ4v) is 2.55. The largest absolute Gasteiger partial charge is 0.295 e. The number of Topliss-reactive ketones (excluding diaryl/α,β-unsaturated/α-hetero) is 1. The number of carbonyl (C=O) groups is 1. The summed E-state index contributed by atoms with van der Waals surface area (Å²) in [5.41, 5.74) is 0.604. The fourth-order valence-electron chi connectivity index (χ4n) is 1.51. The van der Waals surface area contributed by atoms with Gasteiger partial charge in [0.1, 0.15) is 0 Å². The lowest BCUT2D eigenvalue weighted by Gasteiger charge is -2.23. The minimum atomic E-state index is 0.0593. The molecule has 1 aromatic rings. The van der Waals surface area contributed by atoms with Gasteiger partial charge >= 0.3 is 0 Å². The lowest BCUT2D eigenvalue weighted by Crippen LogP contribution is -2.35. The van der Waals surface area contributed by atoms with Crippen molar-refractivity contribution in [2.45, 2.75) is 13.0 Å². The molecule has 0 fully saturated rings. The lowest BCUT2D eigenvalue weighted by atomic mass is 10.1. The van der Waals surface area contributed by atoms with Crippen molar-refractivity contribution in [1.82, 2.24) is 4.90 Å². The average Bonchev–Trinajstić information content (AvgIpc) is 2.32. The van der Waals surface area contributed by atoms with E-state index < -0.39 is 0 Å². The van der Waals surface area contributed by atoms with Crippen molar-refractivity contribution < 1.29 is 4.79 Å². The van der Waals surface area contributed by atoms with E-state index in [4.69, 9.17) is 23.2 Å². The van der Waals surface area contributed by atoms with Crippen LogP contribution in [0.4, 0.5) is 0 Å². The van der Waals surface area contributed by atoms with Crippen molar-refractivity contribution in [2.75, 3.05) is 25.6 Å². The summed E-state index contributed by atoms with van der Waals surface area (Å²) in [6, 6.07) is 5.36. The quantitative estimate of drug-likeness (QED) is 0.744. The van der Waals surface area contributed by atoms with Crippen molar-refractivity contribution in [3.8, 4) is 0 Å². The minimum absolute atomic E-state index is 0.0593. The van der Waals surface area contributed by atoms with Gasteiger partial charge in [-0.25, -0.2) is 0 Å². The zero-order chi connectivity index (χ0) is 13.7. The van der Waals surface area contributed by atoms with Crippen LogP contribution in [0.15, 0.2) is 18.2 Å². The maximum absolute atomic E-state index is 12.1. The molecule has 1 atom stereocenters. The second kappa shape index (κ2) is 7.39. The number of hydrogen-bond donors (Lipinski definition) is 0. The van der Waals surface area contributed by atoms with E-state index in [0.717, 1.165) is 5.75 Å². The number of rotatable bonds is 6. The highest BCUT2D eigenvalue weighted by molar-refractivity contribution is 7.98. The third-order valence-electron chi connectivity index (χ3n) is 2.79. The zero-order valence-electron chi connectivity index (χ0n) is 10.7. The van der Waals surface area contributed by atoms with Crippen molar-refractivity contribution in [2.24, 2.45) is 0 Å². The predicted octanol–water partition coefficient (Wildman–Crippen LogP) is 3.86. The van der Waals surface area contributed by atoms with Crippen LogP contribution in [0.3, 0.4) is 0 Å². The Morgan fingerprint density at radius 3 is 2.61 bits per heavy atom. The Labute approximate surface area is 123 Å². The molecule has 0 aliphatic carbocycles. The second-order valence-corrected chi connectivity index (χ2v) is 6.00. The Balaban J connectivity index is 2.67. The first-order valence-corrected chi connectivity index (χ1v) is 7.78. The van der Waals surface area contributed by atoms with Crippen LogP contribution in [0, 0.1) is 0 Å². The molecule has 2 nitrogen and oxygen atoms in total. The van der Waals surface area contributed by atoms with Crippen LogP contribution in [0.1, 0.15) is 17.3 Å². The molecule has 1 rings (SSSR count). The summed E-state index contributed by atoms with van der Waals surface area (Å²) >= 11 is 13.5. The molecule has 0 heterocycles. The van der Waals surface area contributed by atoms with E-state index in [1.807, 2.05) is 11.9 Å². The molecule has 0 aliphatic rings. The SMILES string of the molecule is CSCC(C)N(C)CC(=O)c1ccc(Cl)c(Cl)c1. The van der Waals surface area contributed by atoms with Crippen LogP contribution in [0.5, 0.6) is 0 Å². The summed E-state index contributed by atoms with van der Waals surface area (Å²) in [5.74, 6) is 1.06. The van der Waals surface area contributed by atoms with Gasteiger partial charge in [0.2, 0.25) is 0 Å². The molecule has 0 aliphatic heterocycles. The highest BCUT2D eigenvalue weighted by Gasteiger charge is 2.14. The molecule has 0 N–H and O–H groups in total. The Kier molecular flexibility index (Phi) is 6.50. The zero-order valence-corrected chi connectivity index (χ0v) is 13.1. The number of hydrogen-bond acceptors (Lipinski definition) is 3. The molecule has 1 unspecified atom stereocenters. The van der Waals surface area contributed by atoms with Crippen molar-refractivity contribution in [3.05, 3.63) is 33.8 Å². The van der Waals surface area contributed by atoms with E-state index in [2.05, 4.69) is 13.2 Å². The Morgan fingerprint density at radius 2 is 2.06 bits per heavy atom. The molecular formula is C13H17Cl2NOS. The van der Waals surface area contributed by atoms with Gasteiger partial charge in [-0.2, -0.15) is 11.8 Å². The standard InChI is InChI=1S/C13H17Cl2NOS/c1-9(8-18-3)16(2)7-13(17)10-4-5-11(14)12(15)6-10/h4-6,9H,7-8H2,1-3H3. The van der Waals surface area contributed by atoms with E-state index >= 15 is 0 Å². The maximum atomic E-state index is 12.1. The van der Waals surface area contributed by atoms with Crippen LogP contribution in [0.2, 0.25) is 10.0 Å². The summed E-state index contributed by atoms with van der Waals surface area (Å²) in [4.78, 5) is 14.1. The van der Waals surface area contributed by atoms with Gasteiger partial charge in [-0.05, 0) is 38.4 Å². The van der Waals surface area contributed by atoms with E-state index in [1.54, 1.807) is 30.0 Å². The van der Waals surface area contributed by atoms with Gasteiger partial charge < -0.3 is 0 Å². The Hall–Kier alpha value is -0.220. The van der Waals surface area contributed by atoms with Gasteiger partial charge in [0, 0.05) is 17.4 Å². The van der Waals surface area contributed by atoms with Gasteiger partial charge in [0.15, 0.2) is 5.78 Å². The van der Waals surface area contributed by atoms with Crippen LogP contribution in [-0.2, 0) is 0 Å². The van der Waals surface area contributed by atoms with E-state index in [-0.39, 0.29) is 5.78 Å². The molecule has 0 saturated heterocycles. The average molecular weight is 306 g/mol. The minimum Gasteiger partial charge on any atom is -0.295 e. The van der Waals surface area contributed by atoms with Crippen molar-refractivity contribution in [3.63, 3.8) is 0 Å². The smallest absolute Gasteiger partial charge is 0.176 e. The predicted molar refractivity (Wildman–Crippen MR) is 81.3 cm³/mol. The number of ketones is 1. The van der Waals surface area contributed by atoms with Gasteiger partial charge in [0.25, 0.3) is 0 Å². The van der Waals surface area contributed by atoms with Crippen molar-refractivity contribution >= 4 is 40.7 Å². The lowest BCUT2D eigenvalue weighted by molar-refractivity contribution is 0.0931. The highest BCUT2D eigenvalue weighted by Crippen LogP contribution is 2.23. The van der Waals surface area contributed by atoms with Gasteiger partial charge in [0.05, 0.1) is 16.6 Å². The molecule has 0 saturated carbocycles. The molecule has 1 aromatic carbocycles. The molecule has 18 heavy (non-hydrogen) atoms. The monoisotopic (exact) mass is 305 g/mol. The molecule has 0 amide bonds. The summed E-state index contributed by atoms with van der Waals surface area (Å²) in [7, 11) is 1.95. The number of halogens is 2. The molecule has 5 heteroatoms. The van der Waals surface area contributed by atoms with Gasteiger partial charge in [-0.15, -0.1) is 0 Å². The molecule has 0 spiro atoms. The van der Waals surface area contributed by atoms with Crippen molar-refractivity contribution in [1.29, 1.82) is 0 Å². The topological polar surface area (TPSA) is 20.3 Å². The second-order valence-electron chi connectivity index (χ2n) is 4.27. The van der Waals surface area contributed by atoms with Crippen LogP contribution >= 0.6 is 35.0 Å². The van der Waals surface area contributed by atoms with E-state index in [9.17, 15) is 4.79 Å². The van der Waals surface area contributed by atoms with Crippen LogP contribution in [-0.4, -0.2) is 42.3 Å². The number of thioether (sulfide) groups is 1. The third-order valence-corrected chi connectivity index (χ3v) is 4.35. The summed E-state index contributed by atoms with van der Waals surface area (Å²) < 4.78 is 0. The fraction of sp³-hybridized carbons (Fsp3) is 0.462. The molecule has 100 valence electrons. The van der Waals surface area contributed by atoms with Crippen LogP contribution < -0.4 is 0 Å².